The molecule has 0 unspecified atom stereocenters. The number of benzene rings is 1. The highest BCUT2D eigenvalue weighted by Crippen LogP contribution is 2.29. The standard InChI is InChI=1S/C25H32N4O3S/c1-17-6-8-20(9-7-17)29-19(3)24(31)28(25(29)32)16-23(30)26-15-21(22-5-4-14-33-22)27-12-10-18(2)11-13-27/h4-9,14,18-19,21H,10-13,15-16H2,1-3H3,(H,26,30)/t19-,21+/m1/s1. The molecular formula is C25H32N4O3S. The van der Waals surface area contributed by atoms with E-state index in [1.807, 2.05) is 37.3 Å². The lowest BCUT2D eigenvalue weighted by molar-refractivity contribution is -0.132. The monoisotopic (exact) mass is 468 g/mol. The number of aryl methyl sites for hydroxylation is 1. The van der Waals surface area contributed by atoms with Gasteiger partial charge in [-0.15, -0.1) is 11.3 Å². The molecule has 1 aromatic heterocycles. The third kappa shape index (κ3) is 5.12. The summed E-state index contributed by atoms with van der Waals surface area (Å²) >= 11 is 1.69. The third-order valence-corrected chi connectivity index (χ3v) is 7.66. The summed E-state index contributed by atoms with van der Waals surface area (Å²) in [5, 5.41) is 5.04. The topological polar surface area (TPSA) is 73.0 Å². The number of likely N-dealkylation sites (tertiary alicyclic amines) is 1. The van der Waals surface area contributed by atoms with Crippen molar-refractivity contribution in [3.63, 3.8) is 0 Å². The predicted octanol–water partition coefficient (Wildman–Crippen LogP) is 3.80. The first-order valence-corrected chi connectivity index (χ1v) is 12.5. The Hall–Kier alpha value is -2.71. The number of imide groups is 1. The van der Waals surface area contributed by atoms with Gasteiger partial charge in [-0.2, -0.15) is 0 Å². The van der Waals surface area contributed by atoms with Gasteiger partial charge in [0.2, 0.25) is 5.91 Å². The van der Waals surface area contributed by atoms with Crippen LogP contribution in [0.5, 0.6) is 0 Å². The zero-order chi connectivity index (χ0) is 23.5. The van der Waals surface area contributed by atoms with Crippen LogP contribution in [-0.4, -0.2) is 59.9 Å². The second-order valence-corrected chi connectivity index (χ2v) is 10.1. The summed E-state index contributed by atoms with van der Waals surface area (Å²) in [5.41, 5.74) is 1.73. The Morgan fingerprint density at radius 3 is 2.45 bits per heavy atom. The molecule has 0 radical (unpaired) electrons. The van der Waals surface area contributed by atoms with E-state index < -0.39 is 12.1 Å². The number of nitrogens with zero attached hydrogens (tertiary/aromatic N) is 3. The highest BCUT2D eigenvalue weighted by Gasteiger charge is 2.44. The summed E-state index contributed by atoms with van der Waals surface area (Å²) in [7, 11) is 0. The van der Waals surface area contributed by atoms with Gasteiger partial charge in [0.05, 0.1) is 6.04 Å². The molecule has 0 aliphatic carbocycles. The van der Waals surface area contributed by atoms with Crippen molar-refractivity contribution in [1.82, 2.24) is 15.1 Å². The summed E-state index contributed by atoms with van der Waals surface area (Å²) in [6.07, 6.45) is 2.30. The van der Waals surface area contributed by atoms with E-state index in [9.17, 15) is 14.4 Å². The maximum Gasteiger partial charge on any atom is 0.332 e. The quantitative estimate of drug-likeness (QED) is 0.628. The molecule has 2 aliphatic heterocycles. The Morgan fingerprint density at radius 1 is 1.12 bits per heavy atom. The van der Waals surface area contributed by atoms with Crippen LogP contribution < -0.4 is 10.2 Å². The van der Waals surface area contributed by atoms with E-state index in [4.69, 9.17) is 0 Å². The van der Waals surface area contributed by atoms with Crippen molar-refractivity contribution in [1.29, 1.82) is 0 Å². The van der Waals surface area contributed by atoms with Crippen molar-refractivity contribution in [3.8, 4) is 0 Å². The minimum absolute atomic E-state index is 0.106. The van der Waals surface area contributed by atoms with Crippen LogP contribution in [0.2, 0.25) is 0 Å². The lowest BCUT2D eigenvalue weighted by Gasteiger charge is -2.36. The second kappa shape index (κ2) is 10.1. The number of hydrogen-bond donors (Lipinski definition) is 1. The summed E-state index contributed by atoms with van der Waals surface area (Å²) < 4.78 is 0. The van der Waals surface area contributed by atoms with E-state index in [1.54, 1.807) is 18.3 Å². The zero-order valence-electron chi connectivity index (χ0n) is 19.5. The Morgan fingerprint density at radius 2 is 1.82 bits per heavy atom. The van der Waals surface area contributed by atoms with E-state index in [-0.39, 0.29) is 24.4 Å². The minimum Gasteiger partial charge on any atom is -0.353 e. The number of thiophene rings is 1. The average molecular weight is 469 g/mol. The van der Waals surface area contributed by atoms with Crippen LogP contribution >= 0.6 is 11.3 Å². The zero-order valence-corrected chi connectivity index (χ0v) is 20.3. The first kappa shape index (κ1) is 23.4. The Bertz CT molecular complexity index is 984. The van der Waals surface area contributed by atoms with Gasteiger partial charge in [-0.05, 0) is 69.3 Å². The fourth-order valence-corrected chi connectivity index (χ4v) is 5.41. The van der Waals surface area contributed by atoms with Gasteiger partial charge in [0.1, 0.15) is 12.6 Å². The molecule has 4 amide bonds. The molecular weight excluding hydrogens is 436 g/mol. The van der Waals surface area contributed by atoms with Gasteiger partial charge in [-0.25, -0.2) is 4.79 Å². The number of anilines is 1. The number of urea groups is 1. The number of carbonyl (C=O) groups is 3. The lowest BCUT2D eigenvalue weighted by atomic mass is 9.97. The lowest BCUT2D eigenvalue weighted by Crippen LogP contribution is -2.45. The molecule has 176 valence electrons. The van der Waals surface area contributed by atoms with Crippen molar-refractivity contribution < 1.29 is 14.4 Å². The highest BCUT2D eigenvalue weighted by atomic mass is 32.1. The normalized spacial score (nSPS) is 21.0. The van der Waals surface area contributed by atoms with E-state index in [1.165, 1.54) is 9.78 Å². The summed E-state index contributed by atoms with van der Waals surface area (Å²) in [4.78, 5) is 44.7. The third-order valence-electron chi connectivity index (χ3n) is 6.68. The van der Waals surface area contributed by atoms with Gasteiger partial charge in [-0.1, -0.05) is 30.7 Å². The number of amides is 4. The molecule has 7 nitrogen and oxygen atoms in total. The van der Waals surface area contributed by atoms with Crippen LogP contribution in [0.25, 0.3) is 0 Å². The molecule has 2 aromatic rings. The number of nitrogens with one attached hydrogen (secondary N) is 1. The van der Waals surface area contributed by atoms with Crippen LogP contribution in [0, 0.1) is 12.8 Å². The van der Waals surface area contributed by atoms with Crippen LogP contribution in [0.4, 0.5) is 10.5 Å². The van der Waals surface area contributed by atoms with Gasteiger partial charge in [0.25, 0.3) is 5.91 Å². The number of piperidine rings is 1. The van der Waals surface area contributed by atoms with Gasteiger partial charge >= 0.3 is 6.03 Å². The molecule has 2 aliphatic rings. The van der Waals surface area contributed by atoms with Gasteiger partial charge in [-0.3, -0.25) is 24.3 Å². The van der Waals surface area contributed by atoms with E-state index in [0.29, 0.717) is 12.2 Å². The van der Waals surface area contributed by atoms with Crippen molar-refractivity contribution in [2.45, 2.75) is 45.7 Å². The molecule has 3 heterocycles. The summed E-state index contributed by atoms with van der Waals surface area (Å²) in [6.45, 7) is 8.15. The van der Waals surface area contributed by atoms with Crippen molar-refractivity contribution >= 4 is 34.9 Å². The number of rotatable bonds is 7. The molecule has 8 heteroatoms. The number of carbonyl (C=O) groups excluding carboxylic acids is 3. The molecule has 33 heavy (non-hydrogen) atoms. The number of hydrogen-bond acceptors (Lipinski definition) is 5. The molecule has 2 fully saturated rings. The molecule has 0 bridgehead atoms. The maximum atomic E-state index is 13.0. The van der Waals surface area contributed by atoms with Crippen LogP contribution in [0.1, 0.15) is 43.2 Å². The molecule has 0 spiro atoms. The SMILES string of the molecule is Cc1ccc(N2C(=O)N(CC(=O)NC[C@@H](c3cccs3)N3CCC(C)CC3)C(=O)[C@H]2C)cc1. The Labute approximate surface area is 199 Å². The van der Waals surface area contributed by atoms with Gasteiger partial charge < -0.3 is 5.32 Å². The Balaban J connectivity index is 1.39. The Kier molecular flexibility index (Phi) is 7.14. The first-order chi connectivity index (χ1) is 15.8. The van der Waals surface area contributed by atoms with E-state index >= 15 is 0 Å². The summed E-state index contributed by atoms with van der Waals surface area (Å²) in [6, 6.07) is 10.6. The van der Waals surface area contributed by atoms with Gasteiger partial charge in [0, 0.05) is 17.1 Å². The molecule has 2 atom stereocenters. The molecule has 1 N–H and O–H groups in total. The smallest absolute Gasteiger partial charge is 0.332 e. The molecule has 2 saturated heterocycles. The average Bonchev–Trinajstić information content (AvgIpc) is 3.40. The largest absolute Gasteiger partial charge is 0.353 e. The fraction of sp³-hybridized carbons (Fsp3) is 0.480. The highest BCUT2D eigenvalue weighted by molar-refractivity contribution is 7.10. The van der Waals surface area contributed by atoms with Gasteiger partial charge in [0.15, 0.2) is 0 Å². The van der Waals surface area contributed by atoms with Crippen molar-refractivity contribution in [2.75, 3.05) is 31.1 Å². The molecule has 1 aromatic carbocycles. The van der Waals surface area contributed by atoms with Crippen LogP contribution in [0.3, 0.4) is 0 Å². The van der Waals surface area contributed by atoms with Crippen LogP contribution in [0.15, 0.2) is 41.8 Å². The van der Waals surface area contributed by atoms with Crippen molar-refractivity contribution in [2.24, 2.45) is 5.92 Å². The summed E-state index contributed by atoms with van der Waals surface area (Å²) in [5.74, 6) is 0.0580. The van der Waals surface area contributed by atoms with E-state index in [0.717, 1.165) is 42.3 Å². The minimum atomic E-state index is -0.637. The van der Waals surface area contributed by atoms with Crippen LogP contribution in [-0.2, 0) is 9.59 Å². The first-order valence-electron chi connectivity index (χ1n) is 11.6. The fourth-order valence-electron chi connectivity index (χ4n) is 4.55. The maximum absolute atomic E-state index is 13.0. The second-order valence-electron chi connectivity index (χ2n) is 9.14. The van der Waals surface area contributed by atoms with Crippen molar-refractivity contribution in [3.05, 3.63) is 52.2 Å². The molecule has 0 saturated carbocycles. The predicted molar refractivity (Wildman–Crippen MR) is 130 cm³/mol. The van der Waals surface area contributed by atoms with E-state index in [2.05, 4.69) is 28.6 Å². The molecule has 4 rings (SSSR count).